The molecule has 9 heteroatoms. The number of aromatic nitrogens is 2. The Balaban J connectivity index is 1.78. The number of rotatable bonds is 14. The van der Waals surface area contributed by atoms with Crippen molar-refractivity contribution >= 4 is 11.8 Å². The average molecular weight is 542 g/mol. The maximum atomic E-state index is 13.9. The highest BCUT2D eigenvalue weighted by Crippen LogP contribution is 2.29. The van der Waals surface area contributed by atoms with Crippen LogP contribution in [0.25, 0.3) is 0 Å². The van der Waals surface area contributed by atoms with Gasteiger partial charge in [0.2, 0.25) is 11.8 Å². The molecule has 0 radical (unpaired) electrons. The Hall–Kier alpha value is -2.75. The number of hydrogen-bond donors (Lipinski definition) is 6. The maximum Gasteiger partial charge on any atom is 0.246 e. The number of aliphatic hydroxyl groups excluding tert-OH is 2. The number of aromatic amines is 1. The Morgan fingerprint density at radius 1 is 1.13 bits per heavy atom. The number of benzene rings is 1. The second-order valence-corrected chi connectivity index (χ2v) is 11.8. The first-order valence-electron chi connectivity index (χ1n) is 14.3. The molecule has 3 rings (SSSR count). The molecule has 216 valence electrons. The minimum Gasteiger partial charge on any atom is -0.393 e. The van der Waals surface area contributed by atoms with Gasteiger partial charge >= 0.3 is 0 Å². The molecule has 2 unspecified atom stereocenters. The number of nitrogens with one attached hydrogen (secondary N) is 3. The monoisotopic (exact) mass is 541 g/mol. The fraction of sp³-hybridized carbons (Fsp3) is 0.633. The first-order valence-corrected chi connectivity index (χ1v) is 14.3. The summed E-state index contributed by atoms with van der Waals surface area (Å²) in [6.45, 7) is 5.48. The summed E-state index contributed by atoms with van der Waals surface area (Å²) in [4.78, 5) is 34.2. The van der Waals surface area contributed by atoms with Gasteiger partial charge in [0.25, 0.3) is 0 Å². The van der Waals surface area contributed by atoms with E-state index in [-0.39, 0.29) is 18.8 Å². The Morgan fingerprint density at radius 2 is 1.82 bits per heavy atom. The summed E-state index contributed by atoms with van der Waals surface area (Å²) in [5.74, 6) is -0.462. The zero-order chi connectivity index (χ0) is 28.4. The van der Waals surface area contributed by atoms with E-state index in [1.165, 1.54) is 12.7 Å². The van der Waals surface area contributed by atoms with E-state index in [0.717, 1.165) is 31.2 Å². The highest BCUT2D eigenvalue weighted by molar-refractivity contribution is 5.93. The molecule has 1 aromatic heterocycles. The average Bonchev–Trinajstić information content (AvgIpc) is 3.41. The number of amides is 2. The van der Waals surface area contributed by atoms with Gasteiger partial charge in [0.05, 0.1) is 30.6 Å². The van der Waals surface area contributed by atoms with E-state index in [1.54, 1.807) is 13.1 Å². The van der Waals surface area contributed by atoms with Crippen molar-refractivity contribution in [2.24, 2.45) is 17.6 Å². The lowest BCUT2D eigenvalue weighted by atomic mass is 9.82. The Bertz CT molecular complexity index is 1010. The lowest BCUT2D eigenvalue weighted by Crippen LogP contribution is -2.63. The molecular weight excluding hydrogens is 494 g/mol. The number of nitrogens with zero attached hydrogens (tertiary/aromatic N) is 1. The van der Waals surface area contributed by atoms with Crippen LogP contribution in [0, 0.1) is 11.8 Å². The number of carbonyl (C=O) groups excluding carboxylic acids is 2. The molecule has 5 atom stereocenters. The van der Waals surface area contributed by atoms with Crippen molar-refractivity contribution in [3.8, 4) is 0 Å². The van der Waals surface area contributed by atoms with Gasteiger partial charge in [-0.25, -0.2) is 4.98 Å². The highest BCUT2D eigenvalue weighted by Gasteiger charge is 2.39. The van der Waals surface area contributed by atoms with Crippen LogP contribution in [0.3, 0.4) is 0 Å². The number of hydrogen-bond acceptors (Lipinski definition) is 6. The molecule has 39 heavy (non-hydrogen) atoms. The molecule has 1 heterocycles. The van der Waals surface area contributed by atoms with E-state index < -0.39 is 41.6 Å². The van der Waals surface area contributed by atoms with Gasteiger partial charge in [-0.3, -0.25) is 9.59 Å². The van der Waals surface area contributed by atoms with E-state index >= 15 is 0 Å². The lowest BCUT2D eigenvalue weighted by Gasteiger charge is -2.36. The normalized spacial score (nSPS) is 19.1. The quantitative estimate of drug-likeness (QED) is 0.216. The number of H-pyrrole nitrogens is 1. The SMILES string of the molecule is CC(C)C(O)CC(O)[C@H](CC1CCCCC1)NC(=O)[C@](C)(Cc1cnc[nH]1)NC(=O)[C@@H](N)Cc1ccccc1. The molecule has 0 aliphatic heterocycles. The van der Waals surface area contributed by atoms with Crippen molar-refractivity contribution in [1.29, 1.82) is 0 Å². The van der Waals surface area contributed by atoms with Crippen molar-refractivity contribution in [3.63, 3.8) is 0 Å². The molecule has 1 aromatic carbocycles. The van der Waals surface area contributed by atoms with Gasteiger partial charge in [0.1, 0.15) is 5.54 Å². The maximum absolute atomic E-state index is 13.9. The van der Waals surface area contributed by atoms with Crippen molar-refractivity contribution in [2.45, 2.75) is 108 Å². The second-order valence-electron chi connectivity index (χ2n) is 11.8. The fourth-order valence-electron chi connectivity index (χ4n) is 5.37. The molecule has 1 aliphatic rings. The molecule has 1 fully saturated rings. The first-order chi connectivity index (χ1) is 18.6. The van der Waals surface area contributed by atoms with Crippen LogP contribution in [0.2, 0.25) is 0 Å². The molecule has 7 N–H and O–H groups in total. The molecule has 0 saturated heterocycles. The van der Waals surface area contributed by atoms with Crippen molar-refractivity contribution in [3.05, 3.63) is 54.1 Å². The Kier molecular flexibility index (Phi) is 11.5. The number of nitrogens with two attached hydrogens (primary N) is 1. The summed E-state index contributed by atoms with van der Waals surface area (Å²) in [7, 11) is 0. The smallest absolute Gasteiger partial charge is 0.246 e. The predicted octanol–water partition coefficient (Wildman–Crippen LogP) is 2.62. The minimum absolute atomic E-state index is 0.0123. The van der Waals surface area contributed by atoms with Crippen LogP contribution in [0.4, 0.5) is 0 Å². The molecule has 1 aliphatic carbocycles. The van der Waals surface area contributed by atoms with Crippen molar-refractivity contribution < 1.29 is 19.8 Å². The molecule has 0 bridgehead atoms. The molecule has 0 spiro atoms. The predicted molar refractivity (Wildman–Crippen MR) is 152 cm³/mol. The van der Waals surface area contributed by atoms with Gasteiger partial charge < -0.3 is 31.6 Å². The Morgan fingerprint density at radius 3 is 2.44 bits per heavy atom. The summed E-state index contributed by atoms with van der Waals surface area (Å²) in [6, 6.07) is 8.11. The summed E-state index contributed by atoms with van der Waals surface area (Å²) < 4.78 is 0. The van der Waals surface area contributed by atoms with Gasteiger partial charge in [-0.1, -0.05) is 76.3 Å². The summed E-state index contributed by atoms with van der Waals surface area (Å²) >= 11 is 0. The van der Waals surface area contributed by atoms with Crippen molar-refractivity contribution in [2.75, 3.05) is 0 Å². The van der Waals surface area contributed by atoms with Gasteiger partial charge in [0.15, 0.2) is 0 Å². The van der Waals surface area contributed by atoms with Crippen LogP contribution < -0.4 is 16.4 Å². The summed E-state index contributed by atoms with van der Waals surface area (Å²) in [5, 5.41) is 27.6. The second kappa shape index (κ2) is 14.6. The third kappa shape index (κ3) is 9.44. The largest absolute Gasteiger partial charge is 0.393 e. The van der Waals surface area contributed by atoms with Crippen LogP contribution in [0.5, 0.6) is 0 Å². The van der Waals surface area contributed by atoms with Crippen LogP contribution >= 0.6 is 0 Å². The molecular formula is C30H47N5O4. The standard InChI is InChI=1S/C30H47N5O4/c1-20(2)26(36)16-27(37)25(15-22-12-8-5-9-13-22)34-29(39)30(3,17-23-18-32-19-33-23)35-28(38)24(31)14-21-10-6-4-7-11-21/h4,6-7,10-11,18-20,22,24-27,36-37H,5,8-9,12-17,31H2,1-3H3,(H,32,33)(H,34,39)(H,35,38)/t24-,25-,26?,27?,30-/m0/s1. The number of aliphatic hydroxyl groups is 2. The van der Waals surface area contributed by atoms with Crippen LogP contribution in [-0.4, -0.2) is 61.8 Å². The van der Waals surface area contributed by atoms with Gasteiger partial charge in [-0.05, 0) is 37.2 Å². The fourth-order valence-corrected chi connectivity index (χ4v) is 5.37. The zero-order valence-corrected chi connectivity index (χ0v) is 23.6. The van der Waals surface area contributed by atoms with E-state index in [0.29, 0.717) is 24.5 Å². The van der Waals surface area contributed by atoms with Crippen molar-refractivity contribution in [1.82, 2.24) is 20.6 Å². The lowest BCUT2D eigenvalue weighted by molar-refractivity contribution is -0.135. The molecule has 2 aromatic rings. The minimum atomic E-state index is -1.35. The molecule has 9 nitrogen and oxygen atoms in total. The van der Waals surface area contributed by atoms with Crippen LogP contribution in [0.1, 0.15) is 77.0 Å². The molecule has 2 amide bonds. The van der Waals surface area contributed by atoms with Crippen LogP contribution in [0.15, 0.2) is 42.9 Å². The van der Waals surface area contributed by atoms with Gasteiger partial charge in [-0.2, -0.15) is 0 Å². The molecule has 1 saturated carbocycles. The first kappa shape index (κ1) is 30.8. The summed E-state index contributed by atoms with van der Waals surface area (Å²) in [6.07, 6.45) is 8.46. The van der Waals surface area contributed by atoms with Gasteiger partial charge in [0, 0.05) is 24.7 Å². The number of imidazole rings is 1. The topological polar surface area (TPSA) is 153 Å². The third-order valence-corrected chi connectivity index (χ3v) is 7.98. The van der Waals surface area contributed by atoms with E-state index in [9.17, 15) is 19.8 Å². The number of carbonyl (C=O) groups is 2. The van der Waals surface area contributed by atoms with Crippen LogP contribution in [-0.2, 0) is 22.4 Å². The Labute approximate surface area is 232 Å². The third-order valence-electron chi connectivity index (χ3n) is 7.98. The summed E-state index contributed by atoms with van der Waals surface area (Å²) in [5.41, 5.74) is 6.52. The van der Waals surface area contributed by atoms with Gasteiger partial charge in [-0.15, -0.1) is 0 Å². The van der Waals surface area contributed by atoms with E-state index in [4.69, 9.17) is 5.73 Å². The highest BCUT2D eigenvalue weighted by atomic mass is 16.3. The zero-order valence-electron chi connectivity index (χ0n) is 23.6. The van der Waals surface area contributed by atoms with E-state index in [2.05, 4.69) is 20.6 Å². The van der Waals surface area contributed by atoms with E-state index in [1.807, 2.05) is 44.2 Å².